The molecule has 0 bridgehead atoms. The van der Waals surface area contributed by atoms with Gasteiger partial charge in [0.2, 0.25) is 5.43 Å². The first-order valence-electron chi connectivity index (χ1n) is 9.11. The van der Waals surface area contributed by atoms with Gasteiger partial charge in [0.25, 0.3) is 0 Å². The fourth-order valence-corrected chi connectivity index (χ4v) is 3.14. The minimum absolute atomic E-state index is 0.0485. The molecule has 2 heterocycles. The lowest BCUT2D eigenvalue weighted by atomic mass is 10.1. The molecule has 0 unspecified atom stereocenters. The first kappa shape index (κ1) is 23.2. The van der Waals surface area contributed by atoms with E-state index in [-0.39, 0.29) is 18.9 Å². The molecule has 0 aliphatic carbocycles. The van der Waals surface area contributed by atoms with E-state index in [2.05, 4.69) is 0 Å². The number of aromatic nitrogens is 1. The van der Waals surface area contributed by atoms with Gasteiger partial charge in [-0.2, -0.15) is 0 Å². The number of carboxylic acid groups (broad SMARTS) is 1. The van der Waals surface area contributed by atoms with E-state index in [1.54, 1.807) is 20.8 Å². The van der Waals surface area contributed by atoms with Crippen molar-refractivity contribution in [2.75, 3.05) is 34.5 Å². The first-order chi connectivity index (χ1) is 13.9. The van der Waals surface area contributed by atoms with Gasteiger partial charge in [-0.15, -0.1) is 0 Å². The Bertz CT molecular complexity index is 900. The first-order valence-corrected chi connectivity index (χ1v) is 9.11. The molecule has 11 heteroatoms. The van der Waals surface area contributed by atoms with Crippen LogP contribution in [0.5, 0.6) is 5.75 Å². The van der Waals surface area contributed by atoms with Crippen LogP contribution >= 0.6 is 0 Å². The van der Waals surface area contributed by atoms with Crippen molar-refractivity contribution >= 4 is 18.0 Å². The van der Waals surface area contributed by atoms with Crippen LogP contribution in [0, 0.1) is 0 Å². The number of hydrogen-bond acceptors (Lipinski definition) is 8. The summed E-state index contributed by atoms with van der Waals surface area (Å²) in [7, 11) is 3.78. The van der Waals surface area contributed by atoms with Gasteiger partial charge in [0, 0.05) is 13.2 Å². The molecule has 1 fully saturated rings. The van der Waals surface area contributed by atoms with Gasteiger partial charge in [0.15, 0.2) is 11.4 Å². The van der Waals surface area contributed by atoms with E-state index in [9.17, 15) is 24.3 Å². The molecule has 166 valence electrons. The van der Waals surface area contributed by atoms with Crippen molar-refractivity contribution in [2.24, 2.45) is 0 Å². The van der Waals surface area contributed by atoms with Gasteiger partial charge in [-0.3, -0.25) is 4.79 Å². The van der Waals surface area contributed by atoms with Gasteiger partial charge >= 0.3 is 18.0 Å². The molecule has 2 rings (SSSR count). The maximum absolute atomic E-state index is 12.5. The third-order valence-electron chi connectivity index (χ3n) is 4.56. The maximum atomic E-state index is 12.5. The monoisotopic (exact) mass is 426 g/mol. The number of esters is 1. The van der Waals surface area contributed by atoms with Crippen LogP contribution in [0.1, 0.15) is 47.7 Å². The Kier molecular flexibility index (Phi) is 6.76. The maximum Gasteiger partial charge on any atom is 0.410 e. The number of aromatic carboxylic acids is 1. The van der Waals surface area contributed by atoms with Crippen molar-refractivity contribution in [1.29, 1.82) is 0 Å². The van der Waals surface area contributed by atoms with Crippen molar-refractivity contribution in [3.8, 4) is 5.75 Å². The van der Waals surface area contributed by atoms with Crippen LogP contribution in [0.2, 0.25) is 0 Å². The number of rotatable bonds is 5. The predicted molar refractivity (Wildman–Crippen MR) is 103 cm³/mol. The average molecular weight is 426 g/mol. The lowest BCUT2D eigenvalue weighted by molar-refractivity contribution is 0.0186. The molecule has 1 saturated heterocycles. The summed E-state index contributed by atoms with van der Waals surface area (Å²) in [6, 6.07) is -1.32. The highest BCUT2D eigenvalue weighted by molar-refractivity contribution is 5.93. The number of hydrogen-bond donors (Lipinski definition) is 1. The van der Waals surface area contributed by atoms with E-state index in [0.717, 1.165) is 20.4 Å². The number of pyridine rings is 1. The summed E-state index contributed by atoms with van der Waals surface area (Å²) in [5, 5.41) is 9.43. The fourth-order valence-electron chi connectivity index (χ4n) is 3.14. The third kappa shape index (κ3) is 4.56. The van der Waals surface area contributed by atoms with Gasteiger partial charge in [-0.1, -0.05) is 0 Å². The molecule has 0 saturated carbocycles. The van der Waals surface area contributed by atoms with Crippen LogP contribution in [0.4, 0.5) is 4.79 Å². The highest BCUT2D eigenvalue weighted by atomic mass is 16.6. The zero-order valence-electron chi connectivity index (χ0n) is 17.8. The second kappa shape index (κ2) is 8.74. The van der Waals surface area contributed by atoms with Crippen LogP contribution in [0.15, 0.2) is 11.0 Å². The van der Waals surface area contributed by atoms with Crippen LogP contribution in [0.25, 0.3) is 0 Å². The Balaban J connectivity index is 2.61. The number of likely N-dealkylation sites (N-methyl/N-ethyl adjacent to an activating group) is 1. The van der Waals surface area contributed by atoms with Gasteiger partial charge in [0.1, 0.15) is 11.2 Å². The smallest absolute Gasteiger partial charge is 0.410 e. The Morgan fingerprint density at radius 1 is 1.23 bits per heavy atom. The molecule has 1 N–H and O–H groups in total. The van der Waals surface area contributed by atoms with Gasteiger partial charge in [0.05, 0.1) is 39.5 Å². The highest BCUT2D eigenvalue weighted by Crippen LogP contribution is 2.29. The van der Waals surface area contributed by atoms with E-state index >= 15 is 0 Å². The Labute approximate surface area is 173 Å². The average Bonchev–Trinajstić information content (AvgIpc) is 3.14. The summed E-state index contributed by atoms with van der Waals surface area (Å²) >= 11 is 0. The van der Waals surface area contributed by atoms with E-state index in [1.165, 1.54) is 16.5 Å². The standard InChI is InChI=1S/C19H26N2O9/c1-19(2,3)30-18(26)20(4)11-8-29-9-12(11)21-7-10(16(23)24)14(22)15(27-5)13(21)17(25)28-6/h7,11-12H,8-9H2,1-6H3,(H,23,24)/t11-,12-/m1/s1. The summed E-state index contributed by atoms with van der Waals surface area (Å²) in [4.78, 5) is 50.4. The molecular formula is C19H26N2O9. The Morgan fingerprint density at radius 3 is 2.37 bits per heavy atom. The number of methoxy groups -OCH3 is 2. The SMILES string of the molecule is COC(=O)c1c(OC)c(=O)c(C(=O)O)cn1[C@@H]1COC[C@H]1N(C)C(=O)OC(C)(C)C. The summed E-state index contributed by atoms with van der Waals surface area (Å²) < 4.78 is 22.0. The minimum Gasteiger partial charge on any atom is -0.491 e. The van der Waals surface area contributed by atoms with Crippen LogP contribution in [-0.4, -0.2) is 78.7 Å². The molecule has 11 nitrogen and oxygen atoms in total. The zero-order valence-corrected chi connectivity index (χ0v) is 17.8. The highest BCUT2D eigenvalue weighted by Gasteiger charge is 2.40. The summed E-state index contributed by atoms with van der Waals surface area (Å²) in [5.74, 6) is -2.85. The molecule has 0 radical (unpaired) electrons. The molecular weight excluding hydrogens is 400 g/mol. The van der Waals surface area contributed by atoms with Crippen molar-refractivity contribution in [3.05, 3.63) is 27.7 Å². The van der Waals surface area contributed by atoms with E-state index in [4.69, 9.17) is 18.9 Å². The van der Waals surface area contributed by atoms with Crippen LogP contribution in [-0.2, 0) is 14.2 Å². The fraction of sp³-hybridized carbons (Fsp3) is 0.579. The number of carboxylic acids is 1. The van der Waals surface area contributed by atoms with Crippen LogP contribution < -0.4 is 10.2 Å². The summed E-state index contributed by atoms with van der Waals surface area (Å²) in [6.07, 6.45) is 0.420. The second-order valence-corrected chi connectivity index (χ2v) is 7.72. The molecule has 0 spiro atoms. The van der Waals surface area contributed by atoms with E-state index in [1.807, 2.05) is 0 Å². The second-order valence-electron chi connectivity index (χ2n) is 7.72. The third-order valence-corrected chi connectivity index (χ3v) is 4.56. The molecule has 1 aliphatic rings. The van der Waals surface area contributed by atoms with E-state index in [0.29, 0.717) is 0 Å². The Hall–Kier alpha value is -3.08. The quantitative estimate of drug-likeness (QED) is 0.688. The molecule has 1 aromatic rings. The number of carbonyl (C=O) groups is 3. The number of ether oxygens (including phenoxy) is 4. The largest absolute Gasteiger partial charge is 0.491 e. The molecule has 1 aromatic heterocycles. The van der Waals surface area contributed by atoms with Crippen molar-refractivity contribution < 1.29 is 38.4 Å². The molecule has 2 atom stereocenters. The van der Waals surface area contributed by atoms with Gasteiger partial charge in [-0.05, 0) is 20.8 Å². The van der Waals surface area contributed by atoms with Crippen molar-refractivity contribution in [3.63, 3.8) is 0 Å². The lowest BCUT2D eigenvalue weighted by Crippen LogP contribution is -2.45. The van der Waals surface area contributed by atoms with Gasteiger partial charge < -0.3 is 33.5 Å². The molecule has 30 heavy (non-hydrogen) atoms. The zero-order chi connectivity index (χ0) is 22.8. The number of carbonyl (C=O) groups excluding carboxylic acids is 2. The number of nitrogens with zero attached hydrogens (tertiary/aromatic N) is 2. The molecule has 1 amide bonds. The lowest BCUT2D eigenvalue weighted by Gasteiger charge is -2.32. The van der Waals surface area contributed by atoms with Crippen LogP contribution in [0.3, 0.4) is 0 Å². The normalized spacial score (nSPS) is 18.6. The predicted octanol–water partition coefficient (Wildman–Crippen LogP) is 1.15. The van der Waals surface area contributed by atoms with Crippen molar-refractivity contribution in [2.45, 2.75) is 38.5 Å². The topological polar surface area (TPSA) is 134 Å². The van der Waals surface area contributed by atoms with E-state index < -0.39 is 52.5 Å². The molecule has 0 aromatic carbocycles. The number of amides is 1. The summed E-state index contributed by atoms with van der Waals surface area (Å²) in [5.41, 5.74) is -2.55. The Morgan fingerprint density at radius 2 is 1.87 bits per heavy atom. The summed E-state index contributed by atoms with van der Waals surface area (Å²) in [6.45, 7) is 5.33. The minimum atomic E-state index is -1.49. The van der Waals surface area contributed by atoms with Crippen molar-refractivity contribution in [1.82, 2.24) is 9.47 Å². The van der Waals surface area contributed by atoms with Gasteiger partial charge in [-0.25, -0.2) is 14.4 Å². The molecule has 1 aliphatic heterocycles.